The van der Waals surface area contributed by atoms with Crippen LogP contribution in [-0.2, 0) is 0 Å². The first kappa shape index (κ1) is 30.9. The average Bonchev–Trinajstić information content (AvgIpc) is 4.06. The van der Waals surface area contributed by atoms with Crippen LogP contribution in [0.15, 0.2) is 162 Å². The highest BCUT2D eigenvalue weighted by Crippen LogP contribution is 2.50. The number of thiazole rings is 1. The minimum atomic E-state index is 0.469. The topological polar surface area (TPSA) is 97.8 Å². The van der Waals surface area contributed by atoms with E-state index in [1.807, 2.05) is 72.8 Å². The summed E-state index contributed by atoms with van der Waals surface area (Å²) in [6.45, 7) is 0. The third-order valence-electron chi connectivity index (χ3n) is 10.5. The van der Waals surface area contributed by atoms with Crippen LogP contribution < -0.4 is 0 Å². The van der Waals surface area contributed by atoms with Crippen molar-refractivity contribution in [1.82, 2.24) is 34.3 Å². The van der Waals surface area contributed by atoms with Crippen LogP contribution in [-0.4, -0.2) is 34.3 Å². The molecule has 12 aromatic rings. The van der Waals surface area contributed by atoms with E-state index in [0.717, 1.165) is 104 Å². The van der Waals surface area contributed by atoms with Gasteiger partial charge in [0.05, 0.1) is 54.9 Å². The lowest BCUT2D eigenvalue weighted by molar-refractivity contribution is 0.620. The first-order chi connectivity index (χ1) is 27.7. The zero-order valence-electron chi connectivity index (χ0n) is 29.5. The van der Waals surface area contributed by atoms with E-state index in [-0.39, 0.29) is 0 Å². The number of hydrogen-bond donors (Lipinski definition) is 1. The largest absolute Gasteiger partial charge is 0.436 e. The fourth-order valence-corrected chi connectivity index (χ4v) is 8.95. The molecule has 12 rings (SSSR count). The number of H-pyrrole nitrogens is 1. The second-order valence-electron chi connectivity index (χ2n) is 13.8. The second kappa shape index (κ2) is 12.0. The van der Waals surface area contributed by atoms with Crippen LogP contribution in [0.3, 0.4) is 0 Å². The van der Waals surface area contributed by atoms with Gasteiger partial charge in [-0.2, -0.15) is 0 Å². The molecule has 0 spiro atoms. The Balaban J connectivity index is 1.31. The van der Waals surface area contributed by atoms with Gasteiger partial charge in [-0.3, -0.25) is 0 Å². The number of nitrogens with one attached hydrogen (secondary N) is 1. The van der Waals surface area contributed by atoms with Crippen molar-refractivity contribution in [1.29, 1.82) is 0 Å². The van der Waals surface area contributed by atoms with Gasteiger partial charge in [0.25, 0.3) is 0 Å². The van der Waals surface area contributed by atoms with E-state index in [1.165, 1.54) is 0 Å². The number of imidazole rings is 1. The maximum Gasteiger partial charge on any atom is 0.230 e. The monoisotopic (exact) mass is 737 g/mol. The number of oxazole rings is 1. The Morgan fingerprint density at radius 2 is 1.34 bits per heavy atom. The lowest BCUT2D eigenvalue weighted by Gasteiger charge is -2.18. The minimum Gasteiger partial charge on any atom is -0.436 e. The molecule has 0 aliphatic carbocycles. The standard InChI is InChI=1S/C47H27N7OS/c1-2-12-31-27(11-1)20-23-36(48-31)43-29-21-22-30(45-49-32-13-3-4-14-33(32)50-45)41(47-52-35-16-6-8-19-39(35)56-47)40(29)42(46-51-34-15-5-7-18-38(34)55-46)44(53-43)28-24-26-54-25-10-9-17-37(28)54/h1-26H,(H,49,50). The van der Waals surface area contributed by atoms with Crippen molar-refractivity contribution in [2.24, 2.45) is 0 Å². The summed E-state index contributed by atoms with van der Waals surface area (Å²) in [6.07, 6.45) is 4.12. The summed E-state index contributed by atoms with van der Waals surface area (Å²) in [5, 5.41) is 3.70. The molecule has 0 fully saturated rings. The van der Waals surface area contributed by atoms with Crippen LogP contribution in [0.4, 0.5) is 0 Å². The van der Waals surface area contributed by atoms with Crippen LogP contribution in [0.5, 0.6) is 0 Å². The van der Waals surface area contributed by atoms with E-state index < -0.39 is 0 Å². The molecule has 56 heavy (non-hydrogen) atoms. The molecule has 8 nitrogen and oxygen atoms in total. The minimum absolute atomic E-state index is 0.469. The van der Waals surface area contributed by atoms with Crippen LogP contribution in [0.25, 0.3) is 116 Å². The van der Waals surface area contributed by atoms with Crippen LogP contribution >= 0.6 is 11.3 Å². The lowest BCUT2D eigenvalue weighted by atomic mass is 9.90. The molecule has 7 heterocycles. The molecule has 0 bridgehead atoms. The molecule has 262 valence electrons. The van der Waals surface area contributed by atoms with Gasteiger partial charge < -0.3 is 13.8 Å². The van der Waals surface area contributed by atoms with Crippen molar-refractivity contribution >= 4 is 70.9 Å². The highest BCUT2D eigenvalue weighted by atomic mass is 32.1. The summed E-state index contributed by atoms with van der Waals surface area (Å²) >= 11 is 1.66. The molecule has 9 heteroatoms. The summed E-state index contributed by atoms with van der Waals surface area (Å²) in [6, 6.07) is 49.2. The first-order valence-electron chi connectivity index (χ1n) is 18.3. The van der Waals surface area contributed by atoms with E-state index in [2.05, 4.69) is 94.6 Å². The number of fused-ring (bicyclic) bond motifs is 6. The Bertz CT molecular complexity index is 3420. The Labute approximate surface area is 322 Å². The Morgan fingerprint density at radius 1 is 0.536 bits per heavy atom. The molecule has 0 unspecified atom stereocenters. The van der Waals surface area contributed by atoms with E-state index in [9.17, 15) is 0 Å². The predicted molar refractivity (Wildman–Crippen MR) is 226 cm³/mol. The molecule has 0 saturated heterocycles. The van der Waals surface area contributed by atoms with Gasteiger partial charge in [-0.05, 0) is 72.8 Å². The van der Waals surface area contributed by atoms with Gasteiger partial charge in [0.15, 0.2) is 5.58 Å². The van der Waals surface area contributed by atoms with E-state index in [1.54, 1.807) is 11.3 Å². The fourth-order valence-electron chi connectivity index (χ4n) is 7.92. The zero-order chi connectivity index (χ0) is 36.7. The summed E-state index contributed by atoms with van der Waals surface area (Å²) in [4.78, 5) is 30.1. The summed E-state index contributed by atoms with van der Waals surface area (Å²) in [7, 11) is 0. The van der Waals surface area contributed by atoms with Gasteiger partial charge in [-0.15, -0.1) is 11.3 Å². The fraction of sp³-hybridized carbons (Fsp3) is 0. The number of hydrogen-bond acceptors (Lipinski definition) is 7. The summed E-state index contributed by atoms with van der Waals surface area (Å²) in [5.74, 6) is 1.21. The average molecular weight is 738 g/mol. The number of nitrogens with zero attached hydrogens (tertiary/aromatic N) is 6. The van der Waals surface area contributed by atoms with Crippen molar-refractivity contribution < 1.29 is 4.42 Å². The summed E-state index contributed by atoms with van der Waals surface area (Å²) in [5.41, 5.74) is 11.9. The maximum absolute atomic E-state index is 6.75. The molecule has 7 aromatic heterocycles. The van der Waals surface area contributed by atoms with Gasteiger partial charge in [0.2, 0.25) is 5.89 Å². The van der Waals surface area contributed by atoms with Crippen LogP contribution in [0, 0.1) is 0 Å². The number of aromatic nitrogens is 7. The van der Waals surface area contributed by atoms with E-state index in [0.29, 0.717) is 11.5 Å². The second-order valence-corrected chi connectivity index (χ2v) is 14.8. The Hall–Kier alpha value is -7.49. The predicted octanol–water partition coefficient (Wildman–Crippen LogP) is 12.0. The molecule has 0 saturated carbocycles. The SMILES string of the molecule is c1ccc2nc(-c3nc(-c4ccn5ccccc45)c(-c4nc5ccccc5o4)c4c(-c5nc6ccccc6s5)c(-c5nc6ccccc6[nH]5)ccc34)ccc2c1. The lowest BCUT2D eigenvalue weighted by Crippen LogP contribution is -2.00. The Morgan fingerprint density at radius 3 is 2.23 bits per heavy atom. The maximum atomic E-state index is 6.75. The molecule has 0 amide bonds. The van der Waals surface area contributed by atoms with Crippen molar-refractivity contribution in [2.75, 3.05) is 0 Å². The van der Waals surface area contributed by atoms with Crippen molar-refractivity contribution in [2.45, 2.75) is 0 Å². The van der Waals surface area contributed by atoms with Gasteiger partial charge in [0.1, 0.15) is 16.3 Å². The molecule has 0 aliphatic heterocycles. The van der Waals surface area contributed by atoms with Crippen molar-refractivity contribution in [3.8, 4) is 56.1 Å². The molecular formula is C47H27N7OS. The normalized spacial score (nSPS) is 11.9. The molecule has 0 radical (unpaired) electrons. The Kier molecular flexibility index (Phi) is 6.63. The third-order valence-corrected chi connectivity index (χ3v) is 11.5. The van der Waals surface area contributed by atoms with Gasteiger partial charge in [-0.25, -0.2) is 24.9 Å². The molecule has 1 N–H and O–H groups in total. The van der Waals surface area contributed by atoms with Crippen molar-refractivity contribution in [3.63, 3.8) is 0 Å². The third kappa shape index (κ3) is 4.74. The zero-order valence-corrected chi connectivity index (χ0v) is 30.3. The van der Waals surface area contributed by atoms with Crippen LogP contribution in [0.1, 0.15) is 0 Å². The quantitative estimate of drug-likeness (QED) is 0.189. The number of para-hydroxylation sites is 6. The molecule has 0 atom stereocenters. The van der Waals surface area contributed by atoms with Gasteiger partial charge in [0, 0.05) is 45.2 Å². The van der Waals surface area contributed by atoms with E-state index >= 15 is 0 Å². The number of pyridine rings is 3. The highest BCUT2D eigenvalue weighted by molar-refractivity contribution is 7.21. The number of benzene rings is 5. The molecule has 5 aromatic carbocycles. The number of rotatable bonds is 5. The van der Waals surface area contributed by atoms with Gasteiger partial charge >= 0.3 is 0 Å². The van der Waals surface area contributed by atoms with E-state index in [4.69, 9.17) is 29.3 Å². The van der Waals surface area contributed by atoms with Crippen molar-refractivity contribution in [3.05, 3.63) is 158 Å². The smallest absolute Gasteiger partial charge is 0.230 e. The number of aromatic amines is 1. The highest BCUT2D eigenvalue weighted by Gasteiger charge is 2.29. The first-order valence-corrected chi connectivity index (χ1v) is 19.2. The molecular weight excluding hydrogens is 711 g/mol. The molecule has 0 aliphatic rings. The summed E-state index contributed by atoms with van der Waals surface area (Å²) < 4.78 is 9.95. The van der Waals surface area contributed by atoms with Gasteiger partial charge in [-0.1, -0.05) is 72.8 Å². The van der Waals surface area contributed by atoms with Crippen LogP contribution in [0.2, 0.25) is 0 Å².